The van der Waals surface area contributed by atoms with E-state index in [1.807, 2.05) is 6.92 Å². The number of rotatable bonds is 11. The first-order chi connectivity index (χ1) is 8.02. The fourth-order valence-electron chi connectivity index (χ4n) is 1.43. The molecule has 17 heavy (non-hydrogen) atoms. The van der Waals surface area contributed by atoms with Gasteiger partial charge in [0.2, 0.25) is 0 Å². The number of hydrogen-bond donors (Lipinski definition) is 1. The van der Waals surface area contributed by atoms with Crippen molar-refractivity contribution in [1.82, 2.24) is 5.32 Å². The molecule has 0 rings (SSSR count). The lowest BCUT2D eigenvalue weighted by Gasteiger charge is -2.13. The van der Waals surface area contributed by atoms with Crippen LogP contribution in [0, 0.1) is 0 Å². The van der Waals surface area contributed by atoms with Crippen molar-refractivity contribution in [2.24, 2.45) is 0 Å². The van der Waals surface area contributed by atoms with Crippen molar-refractivity contribution in [3.63, 3.8) is 0 Å². The summed E-state index contributed by atoms with van der Waals surface area (Å²) < 4.78 is 28.1. The molecule has 0 aromatic heterocycles. The van der Waals surface area contributed by atoms with Gasteiger partial charge in [0.05, 0.1) is 5.75 Å². The highest BCUT2D eigenvalue weighted by Crippen LogP contribution is 1.95. The lowest BCUT2D eigenvalue weighted by molar-refractivity contribution is 0.128. The Labute approximate surface area is 106 Å². The summed E-state index contributed by atoms with van der Waals surface area (Å²) in [6.07, 6.45) is 3.20. The molecule has 4 nitrogen and oxygen atoms in total. The van der Waals surface area contributed by atoms with Crippen LogP contribution < -0.4 is 5.32 Å². The Morgan fingerprint density at radius 2 is 1.82 bits per heavy atom. The normalized spacial score (nSPS) is 13.8. The van der Waals surface area contributed by atoms with Crippen LogP contribution in [-0.4, -0.2) is 45.7 Å². The molecule has 1 N–H and O–H groups in total. The maximum Gasteiger partial charge on any atom is 0.151 e. The van der Waals surface area contributed by atoms with Crippen molar-refractivity contribution in [2.45, 2.75) is 46.1 Å². The molecule has 0 aliphatic carbocycles. The maximum atomic E-state index is 11.4. The van der Waals surface area contributed by atoms with Gasteiger partial charge in [-0.2, -0.15) is 0 Å². The second kappa shape index (κ2) is 9.85. The number of unbranched alkanes of at least 4 members (excludes halogenated alkanes) is 1. The number of nitrogens with one attached hydrogen (secondary N) is 1. The van der Waals surface area contributed by atoms with E-state index < -0.39 is 9.84 Å². The zero-order valence-electron chi connectivity index (χ0n) is 11.4. The van der Waals surface area contributed by atoms with E-state index in [1.54, 1.807) is 6.92 Å². The van der Waals surface area contributed by atoms with Gasteiger partial charge >= 0.3 is 0 Å². The van der Waals surface area contributed by atoms with E-state index in [-0.39, 0.29) is 17.5 Å². The molecule has 0 bridgehead atoms. The van der Waals surface area contributed by atoms with Crippen molar-refractivity contribution < 1.29 is 13.2 Å². The van der Waals surface area contributed by atoms with Gasteiger partial charge in [0.15, 0.2) is 9.84 Å². The molecule has 0 fully saturated rings. The summed E-state index contributed by atoms with van der Waals surface area (Å²) in [5.74, 6) is 0.444. The van der Waals surface area contributed by atoms with Gasteiger partial charge in [-0.15, -0.1) is 0 Å². The first-order valence-corrected chi connectivity index (χ1v) is 8.35. The van der Waals surface area contributed by atoms with Crippen LogP contribution in [0.2, 0.25) is 0 Å². The van der Waals surface area contributed by atoms with Gasteiger partial charge in [-0.25, -0.2) is 8.42 Å². The Morgan fingerprint density at radius 1 is 1.18 bits per heavy atom. The monoisotopic (exact) mass is 265 g/mol. The minimum atomic E-state index is -2.87. The van der Waals surface area contributed by atoms with Crippen molar-refractivity contribution in [3.05, 3.63) is 0 Å². The third-order valence-corrected chi connectivity index (χ3v) is 4.43. The predicted octanol–water partition coefficient (Wildman–Crippen LogP) is 1.61. The van der Waals surface area contributed by atoms with Gasteiger partial charge in [0.25, 0.3) is 0 Å². The van der Waals surface area contributed by atoms with Crippen LogP contribution in [0.3, 0.4) is 0 Å². The number of sulfone groups is 1. The van der Waals surface area contributed by atoms with E-state index in [0.29, 0.717) is 0 Å². The first-order valence-electron chi connectivity index (χ1n) is 6.53. The molecule has 0 spiro atoms. The van der Waals surface area contributed by atoms with E-state index in [4.69, 9.17) is 4.74 Å². The Balaban J connectivity index is 3.43. The highest BCUT2D eigenvalue weighted by atomic mass is 32.2. The fraction of sp³-hybridized carbons (Fsp3) is 1.00. The molecule has 0 aromatic rings. The number of hydrogen-bond acceptors (Lipinski definition) is 4. The summed E-state index contributed by atoms with van der Waals surface area (Å²) in [5.41, 5.74) is 0. The minimum absolute atomic E-state index is 0.0237. The largest absolute Gasteiger partial charge is 0.381 e. The Hall–Kier alpha value is -0.130. The molecule has 0 amide bonds. The third kappa shape index (κ3) is 10.7. The third-order valence-electron chi connectivity index (χ3n) is 2.54. The summed E-state index contributed by atoms with van der Waals surface area (Å²) >= 11 is 0. The Kier molecular flexibility index (Phi) is 9.78. The molecule has 0 aromatic carbocycles. The Morgan fingerprint density at radius 3 is 2.41 bits per heavy atom. The standard InChI is InChI=1S/C12H27NO3S/c1-4-6-9-16-10-7-8-13-12(3)11-17(14,15)5-2/h12-13H,4-11H2,1-3H3. The van der Waals surface area contributed by atoms with Crippen LogP contribution >= 0.6 is 0 Å². The zero-order chi connectivity index (χ0) is 13.1. The van der Waals surface area contributed by atoms with Crippen LogP contribution in [0.25, 0.3) is 0 Å². The van der Waals surface area contributed by atoms with E-state index in [1.165, 1.54) is 0 Å². The average Bonchev–Trinajstić information content (AvgIpc) is 2.27. The van der Waals surface area contributed by atoms with Crippen molar-refractivity contribution >= 4 is 9.84 Å². The molecule has 1 unspecified atom stereocenters. The van der Waals surface area contributed by atoms with Crippen molar-refractivity contribution in [2.75, 3.05) is 31.3 Å². The van der Waals surface area contributed by atoms with E-state index in [2.05, 4.69) is 12.2 Å². The molecule has 0 saturated heterocycles. The van der Waals surface area contributed by atoms with E-state index in [0.717, 1.165) is 39.0 Å². The summed E-state index contributed by atoms with van der Waals surface area (Å²) in [4.78, 5) is 0. The van der Waals surface area contributed by atoms with Gasteiger partial charge in [0, 0.05) is 25.0 Å². The molecule has 0 aliphatic rings. The molecule has 0 aliphatic heterocycles. The second-order valence-electron chi connectivity index (χ2n) is 4.37. The highest BCUT2D eigenvalue weighted by Gasteiger charge is 2.12. The summed E-state index contributed by atoms with van der Waals surface area (Å²) in [7, 11) is -2.87. The topological polar surface area (TPSA) is 55.4 Å². The lowest BCUT2D eigenvalue weighted by atomic mass is 10.3. The fourth-order valence-corrected chi connectivity index (χ4v) is 2.54. The molecule has 0 saturated carbocycles. The molecular formula is C12H27NO3S. The van der Waals surface area contributed by atoms with Crippen LogP contribution in [0.4, 0.5) is 0 Å². The van der Waals surface area contributed by atoms with E-state index >= 15 is 0 Å². The summed E-state index contributed by atoms with van der Waals surface area (Å²) in [6, 6.07) is 0.0237. The SMILES string of the molecule is CCCCOCCCNC(C)CS(=O)(=O)CC. The van der Waals surface area contributed by atoms with Crippen LogP contribution in [0.5, 0.6) is 0 Å². The molecule has 1 atom stereocenters. The molecular weight excluding hydrogens is 238 g/mol. The second-order valence-corrected chi connectivity index (χ2v) is 6.77. The van der Waals surface area contributed by atoms with Crippen molar-refractivity contribution in [1.29, 1.82) is 0 Å². The number of ether oxygens (including phenoxy) is 1. The summed E-state index contributed by atoms with van der Waals surface area (Å²) in [5, 5.41) is 3.20. The maximum absolute atomic E-state index is 11.4. The smallest absolute Gasteiger partial charge is 0.151 e. The average molecular weight is 265 g/mol. The molecule has 5 heteroatoms. The van der Waals surface area contributed by atoms with Crippen LogP contribution in [-0.2, 0) is 14.6 Å². The quantitative estimate of drug-likeness (QED) is 0.577. The summed E-state index contributed by atoms with van der Waals surface area (Å²) in [6.45, 7) is 8.12. The van der Waals surface area contributed by atoms with E-state index in [9.17, 15) is 8.42 Å². The van der Waals surface area contributed by atoms with Gasteiger partial charge in [-0.1, -0.05) is 20.3 Å². The molecule has 0 radical (unpaired) electrons. The Bertz CT molecular complexity index is 265. The lowest BCUT2D eigenvalue weighted by Crippen LogP contribution is -2.34. The predicted molar refractivity (Wildman–Crippen MR) is 72.1 cm³/mol. The van der Waals surface area contributed by atoms with Gasteiger partial charge in [-0.05, 0) is 26.3 Å². The van der Waals surface area contributed by atoms with Gasteiger partial charge in [-0.3, -0.25) is 0 Å². The molecule has 0 heterocycles. The first kappa shape index (κ1) is 16.9. The van der Waals surface area contributed by atoms with Gasteiger partial charge < -0.3 is 10.1 Å². The highest BCUT2D eigenvalue weighted by molar-refractivity contribution is 7.91. The molecule has 104 valence electrons. The zero-order valence-corrected chi connectivity index (χ0v) is 12.2. The van der Waals surface area contributed by atoms with Crippen molar-refractivity contribution in [3.8, 4) is 0 Å². The van der Waals surface area contributed by atoms with Crippen LogP contribution in [0.1, 0.15) is 40.0 Å². The van der Waals surface area contributed by atoms with Gasteiger partial charge in [0.1, 0.15) is 0 Å². The van der Waals surface area contributed by atoms with Crippen LogP contribution in [0.15, 0.2) is 0 Å². The minimum Gasteiger partial charge on any atom is -0.381 e.